The molecule has 0 fully saturated rings. The Balaban J connectivity index is 1.98. The number of thiazole rings is 1. The molecule has 0 atom stereocenters. The fourth-order valence-electron chi connectivity index (χ4n) is 2.13. The fraction of sp³-hybridized carbons (Fsp3) is 0.188. The molecule has 20 heavy (non-hydrogen) atoms. The van der Waals surface area contributed by atoms with Crippen LogP contribution in [-0.4, -0.2) is 15.0 Å². The zero-order valence-corrected chi connectivity index (χ0v) is 12.1. The van der Waals surface area contributed by atoms with Crippen molar-refractivity contribution in [2.24, 2.45) is 0 Å². The monoisotopic (exact) mass is 281 g/mol. The molecule has 3 aromatic rings. The fourth-order valence-corrected chi connectivity index (χ4v) is 2.99. The molecule has 0 saturated heterocycles. The van der Waals surface area contributed by atoms with Crippen molar-refractivity contribution in [3.05, 3.63) is 53.8 Å². The molecule has 4 heteroatoms. The highest BCUT2D eigenvalue weighted by Crippen LogP contribution is 2.30. The molecule has 0 N–H and O–H groups in total. The van der Waals surface area contributed by atoms with Crippen LogP contribution in [0.3, 0.4) is 0 Å². The Morgan fingerprint density at radius 1 is 1.10 bits per heavy atom. The second-order valence-corrected chi connectivity index (χ2v) is 5.39. The first-order chi connectivity index (χ1) is 9.88. The highest BCUT2D eigenvalue weighted by Gasteiger charge is 2.10. The number of rotatable bonds is 4. The molecule has 0 spiro atoms. The molecule has 0 amide bonds. The molecule has 0 aromatic carbocycles. The summed E-state index contributed by atoms with van der Waals surface area (Å²) in [5.41, 5.74) is 4.29. The normalized spacial score (nSPS) is 10.7. The number of aromatic nitrogens is 3. The third kappa shape index (κ3) is 2.60. The first-order valence-electron chi connectivity index (χ1n) is 6.68. The standard InChI is InChI=1S/C16H15N3S/c1-2-5-12-7-9-17-10-13(12)16-19-15(11-20-16)14-6-3-4-8-18-14/h3-4,6-11H,2,5H2,1H3. The minimum Gasteiger partial charge on any atom is -0.264 e. The van der Waals surface area contributed by atoms with Crippen LogP contribution in [0.2, 0.25) is 0 Å². The SMILES string of the molecule is CCCc1ccncc1-c1nc(-c2ccccn2)cs1. The van der Waals surface area contributed by atoms with Crippen molar-refractivity contribution >= 4 is 11.3 Å². The number of pyridine rings is 2. The Hall–Kier alpha value is -2.07. The van der Waals surface area contributed by atoms with Gasteiger partial charge >= 0.3 is 0 Å². The highest BCUT2D eigenvalue weighted by atomic mass is 32.1. The van der Waals surface area contributed by atoms with E-state index in [0.29, 0.717) is 0 Å². The van der Waals surface area contributed by atoms with Crippen LogP contribution in [0.25, 0.3) is 22.0 Å². The lowest BCUT2D eigenvalue weighted by atomic mass is 10.1. The Bertz CT molecular complexity index is 692. The molecule has 3 heterocycles. The first kappa shape index (κ1) is 12.9. The molecule has 0 bridgehead atoms. The smallest absolute Gasteiger partial charge is 0.125 e. The van der Waals surface area contributed by atoms with Gasteiger partial charge in [-0.15, -0.1) is 11.3 Å². The van der Waals surface area contributed by atoms with Gasteiger partial charge in [0.25, 0.3) is 0 Å². The van der Waals surface area contributed by atoms with Gasteiger partial charge in [0, 0.05) is 29.5 Å². The van der Waals surface area contributed by atoms with Crippen LogP contribution in [0.5, 0.6) is 0 Å². The molecular formula is C16H15N3S. The van der Waals surface area contributed by atoms with Crippen LogP contribution in [0.15, 0.2) is 48.2 Å². The quantitative estimate of drug-likeness (QED) is 0.718. The summed E-state index contributed by atoms with van der Waals surface area (Å²) in [5, 5.41) is 3.07. The van der Waals surface area contributed by atoms with Gasteiger partial charge in [-0.05, 0) is 30.2 Å². The number of aryl methyl sites for hydroxylation is 1. The van der Waals surface area contributed by atoms with Gasteiger partial charge in [0.2, 0.25) is 0 Å². The zero-order chi connectivity index (χ0) is 13.8. The Labute approximate surface area is 122 Å². The van der Waals surface area contributed by atoms with Crippen molar-refractivity contribution in [1.29, 1.82) is 0 Å². The molecular weight excluding hydrogens is 266 g/mol. The highest BCUT2D eigenvalue weighted by molar-refractivity contribution is 7.13. The molecule has 100 valence electrons. The van der Waals surface area contributed by atoms with Crippen LogP contribution in [0.1, 0.15) is 18.9 Å². The lowest BCUT2D eigenvalue weighted by Crippen LogP contribution is -1.90. The van der Waals surface area contributed by atoms with Gasteiger partial charge in [-0.25, -0.2) is 4.98 Å². The van der Waals surface area contributed by atoms with E-state index in [4.69, 9.17) is 4.98 Å². The molecule has 0 saturated carbocycles. The predicted molar refractivity (Wildman–Crippen MR) is 82.6 cm³/mol. The van der Waals surface area contributed by atoms with Crippen molar-refractivity contribution in [2.75, 3.05) is 0 Å². The average Bonchev–Trinajstić information content (AvgIpc) is 2.99. The van der Waals surface area contributed by atoms with Crippen LogP contribution >= 0.6 is 11.3 Å². The van der Waals surface area contributed by atoms with Crippen molar-refractivity contribution < 1.29 is 0 Å². The van der Waals surface area contributed by atoms with Crippen LogP contribution in [-0.2, 0) is 6.42 Å². The third-order valence-corrected chi connectivity index (χ3v) is 3.97. The minimum atomic E-state index is 0.913. The summed E-state index contributed by atoms with van der Waals surface area (Å²) in [6, 6.07) is 7.96. The van der Waals surface area contributed by atoms with E-state index in [1.807, 2.05) is 30.6 Å². The maximum Gasteiger partial charge on any atom is 0.125 e. The van der Waals surface area contributed by atoms with E-state index in [1.165, 1.54) is 5.56 Å². The Kier molecular flexibility index (Phi) is 3.83. The molecule has 3 nitrogen and oxygen atoms in total. The van der Waals surface area contributed by atoms with Gasteiger partial charge in [-0.2, -0.15) is 0 Å². The number of nitrogens with zero attached hydrogens (tertiary/aromatic N) is 3. The number of hydrogen-bond donors (Lipinski definition) is 0. The first-order valence-corrected chi connectivity index (χ1v) is 7.56. The maximum absolute atomic E-state index is 4.71. The summed E-state index contributed by atoms with van der Waals surface area (Å²) < 4.78 is 0. The largest absolute Gasteiger partial charge is 0.264 e. The Morgan fingerprint density at radius 3 is 2.85 bits per heavy atom. The van der Waals surface area contributed by atoms with Crippen LogP contribution < -0.4 is 0 Å². The summed E-state index contributed by atoms with van der Waals surface area (Å²) in [4.78, 5) is 13.3. The van der Waals surface area contributed by atoms with E-state index < -0.39 is 0 Å². The molecule has 0 radical (unpaired) electrons. The number of hydrogen-bond acceptors (Lipinski definition) is 4. The van der Waals surface area contributed by atoms with E-state index in [9.17, 15) is 0 Å². The van der Waals surface area contributed by atoms with Crippen molar-refractivity contribution in [3.63, 3.8) is 0 Å². The minimum absolute atomic E-state index is 0.913. The van der Waals surface area contributed by atoms with Gasteiger partial charge < -0.3 is 0 Å². The van der Waals surface area contributed by atoms with Crippen molar-refractivity contribution in [3.8, 4) is 22.0 Å². The summed E-state index contributed by atoms with van der Waals surface area (Å²) >= 11 is 1.65. The molecule has 0 unspecified atom stereocenters. The average molecular weight is 281 g/mol. The van der Waals surface area contributed by atoms with E-state index in [2.05, 4.69) is 28.3 Å². The molecule has 0 aliphatic rings. The van der Waals surface area contributed by atoms with Crippen LogP contribution in [0, 0.1) is 0 Å². The van der Waals surface area contributed by atoms with E-state index in [-0.39, 0.29) is 0 Å². The summed E-state index contributed by atoms with van der Waals surface area (Å²) in [6.07, 6.45) is 7.72. The van der Waals surface area contributed by atoms with E-state index in [0.717, 1.165) is 34.8 Å². The second-order valence-electron chi connectivity index (χ2n) is 4.54. The van der Waals surface area contributed by atoms with Crippen molar-refractivity contribution in [1.82, 2.24) is 15.0 Å². The second kappa shape index (κ2) is 5.92. The maximum atomic E-state index is 4.71. The van der Waals surface area contributed by atoms with Gasteiger partial charge in [0.15, 0.2) is 0 Å². The molecule has 3 rings (SSSR count). The van der Waals surface area contributed by atoms with Gasteiger partial charge in [-0.3, -0.25) is 9.97 Å². The molecule has 0 aliphatic heterocycles. The van der Waals surface area contributed by atoms with Gasteiger partial charge in [0.1, 0.15) is 10.7 Å². The third-order valence-electron chi connectivity index (χ3n) is 3.09. The van der Waals surface area contributed by atoms with Crippen LogP contribution in [0.4, 0.5) is 0 Å². The molecule has 3 aromatic heterocycles. The lowest BCUT2D eigenvalue weighted by Gasteiger charge is -2.04. The van der Waals surface area contributed by atoms with E-state index >= 15 is 0 Å². The van der Waals surface area contributed by atoms with E-state index in [1.54, 1.807) is 17.5 Å². The Morgan fingerprint density at radius 2 is 2.05 bits per heavy atom. The zero-order valence-electron chi connectivity index (χ0n) is 11.3. The topological polar surface area (TPSA) is 38.7 Å². The molecule has 0 aliphatic carbocycles. The predicted octanol–water partition coefficient (Wildman–Crippen LogP) is 4.22. The lowest BCUT2D eigenvalue weighted by molar-refractivity contribution is 0.920. The summed E-state index contributed by atoms with van der Waals surface area (Å²) in [5.74, 6) is 0. The van der Waals surface area contributed by atoms with Crippen molar-refractivity contribution in [2.45, 2.75) is 19.8 Å². The van der Waals surface area contributed by atoms with Gasteiger partial charge in [0.05, 0.1) is 5.69 Å². The van der Waals surface area contributed by atoms with Gasteiger partial charge in [-0.1, -0.05) is 19.4 Å². The summed E-state index contributed by atoms with van der Waals surface area (Å²) in [6.45, 7) is 2.19. The summed E-state index contributed by atoms with van der Waals surface area (Å²) in [7, 11) is 0.